The van der Waals surface area contributed by atoms with Crippen molar-refractivity contribution in [2.45, 2.75) is 76.1 Å². The number of aliphatic hydroxyl groups is 1. The van der Waals surface area contributed by atoms with Gasteiger partial charge >= 0.3 is 12.3 Å². The number of carbonyl (C=O) groups excluding carboxylic acids is 2. The number of hydrogen-bond donors (Lipinski definition) is 1. The predicted octanol–water partition coefficient (Wildman–Crippen LogP) is 2.93. The molecule has 7 nitrogen and oxygen atoms in total. The molecule has 2 unspecified atom stereocenters. The summed E-state index contributed by atoms with van der Waals surface area (Å²) in [6.45, 7) is -0.367. The van der Waals surface area contributed by atoms with Gasteiger partial charge in [0.05, 0.1) is 6.61 Å². The summed E-state index contributed by atoms with van der Waals surface area (Å²) in [5.74, 6) is 0. The van der Waals surface area contributed by atoms with Gasteiger partial charge in [0.2, 0.25) is 0 Å². The van der Waals surface area contributed by atoms with Crippen molar-refractivity contribution in [2.24, 2.45) is 0 Å². The number of carbonyl (C=O) groups is 2. The van der Waals surface area contributed by atoms with Crippen molar-refractivity contribution in [1.82, 2.24) is 0 Å². The molecule has 2 fully saturated rings. The topological polar surface area (TPSA) is 91.3 Å². The van der Waals surface area contributed by atoms with Crippen LogP contribution in [0.2, 0.25) is 0 Å². The Morgan fingerprint density at radius 3 is 1.96 bits per heavy atom. The Kier molecular flexibility index (Phi) is 7.45. The van der Waals surface area contributed by atoms with E-state index in [9.17, 15) is 9.59 Å². The third kappa shape index (κ3) is 6.25. The molecule has 2 saturated carbocycles. The van der Waals surface area contributed by atoms with Gasteiger partial charge in [0.15, 0.2) is 0 Å². The number of rotatable bonds is 5. The Hall–Kier alpha value is -1.50. The van der Waals surface area contributed by atoms with Crippen LogP contribution in [0.3, 0.4) is 0 Å². The lowest BCUT2D eigenvalue weighted by Crippen LogP contribution is -2.38. The molecule has 0 aromatic heterocycles. The highest BCUT2D eigenvalue weighted by Gasteiger charge is 2.33. The first-order valence-corrected chi connectivity index (χ1v) is 8.50. The molecule has 0 aliphatic heterocycles. The fourth-order valence-electron chi connectivity index (χ4n) is 3.09. The van der Waals surface area contributed by atoms with Gasteiger partial charge < -0.3 is 24.1 Å². The van der Waals surface area contributed by atoms with Crippen LogP contribution in [-0.4, -0.2) is 48.9 Å². The molecule has 132 valence electrons. The maximum Gasteiger partial charge on any atom is 0.508 e. The van der Waals surface area contributed by atoms with Crippen LogP contribution in [0.25, 0.3) is 0 Å². The van der Waals surface area contributed by atoms with Crippen molar-refractivity contribution in [1.29, 1.82) is 0 Å². The van der Waals surface area contributed by atoms with E-state index < -0.39 is 24.5 Å². The molecule has 7 heteroatoms. The van der Waals surface area contributed by atoms with Crippen molar-refractivity contribution in [3.8, 4) is 0 Å². The van der Waals surface area contributed by atoms with Crippen LogP contribution in [0.5, 0.6) is 0 Å². The SMILES string of the molecule is O=C(OCCO)OC1CCCCC1OC(=O)OC1CCCCC1. The Morgan fingerprint density at radius 2 is 1.35 bits per heavy atom. The van der Waals surface area contributed by atoms with E-state index in [1.165, 1.54) is 6.42 Å². The Bertz CT molecular complexity index is 379. The molecule has 0 radical (unpaired) electrons. The smallest absolute Gasteiger partial charge is 0.432 e. The summed E-state index contributed by atoms with van der Waals surface area (Å²) in [4.78, 5) is 23.4. The van der Waals surface area contributed by atoms with Crippen LogP contribution in [-0.2, 0) is 18.9 Å². The molecule has 2 aliphatic rings. The van der Waals surface area contributed by atoms with E-state index in [2.05, 4.69) is 4.74 Å². The minimum Gasteiger partial charge on any atom is -0.432 e. The van der Waals surface area contributed by atoms with E-state index >= 15 is 0 Å². The second-order valence-corrected chi connectivity index (χ2v) is 6.05. The first kappa shape index (κ1) is 17.8. The van der Waals surface area contributed by atoms with E-state index in [1.54, 1.807) is 0 Å². The summed E-state index contributed by atoms with van der Waals surface area (Å²) in [7, 11) is 0. The average molecular weight is 330 g/mol. The molecule has 0 aromatic rings. The summed E-state index contributed by atoms with van der Waals surface area (Å²) in [6.07, 6.45) is 5.55. The fourth-order valence-corrected chi connectivity index (χ4v) is 3.09. The van der Waals surface area contributed by atoms with E-state index in [0.29, 0.717) is 12.8 Å². The maximum atomic E-state index is 11.9. The van der Waals surface area contributed by atoms with Gasteiger partial charge in [0, 0.05) is 0 Å². The lowest BCUT2D eigenvalue weighted by molar-refractivity contribution is -0.0804. The molecule has 2 rings (SSSR count). The maximum absolute atomic E-state index is 11.9. The standard InChI is InChI=1S/C16H26O7/c17-10-11-20-15(18)22-13-8-4-5-9-14(13)23-16(19)21-12-6-2-1-3-7-12/h12-14,17H,1-11H2. The van der Waals surface area contributed by atoms with Gasteiger partial charge in [0.1, 0.15) is 24.9 Å². The minimum atomic E-state index is -0.847. The normalized spacial score (nSPS) is 25.4. The first-order chi connectivity index (χ1) is 11.2. The zero-order chi connectivity index (χ0) is 16.5. The van der Waals surface area contributed by atoms with Gasteiger partial charge in [-0.2, -0.15) is 0 Å². The van der Waals surface area contributed by atoms with Crippen molar-refractivity contribution in [2.75, 3.05) is 13.2 Å². The molecule has 1 N–H and O–H groups in total. The molecule has 0 aromatic carbocycles. The Balaban J connectivity index is 1.77. The monoisotopic (exact) mass is 330 g/mol. The third-order valence-corrected chi connectivity index (χ3v) is 4.26. The van der Waals surface area contributed by atoms with Crippen LogP contribution in [0.1, 0.15) is 57.8 Å². The van der Waals surface area contributed by atoms with Crippen LogP contribution < -0.4 is 0 Å². The van der Waals surface area contributed by atoms with Crippen LogP contribution in [0, 0.1) is 0 Å². The van der Waals surface area contributed by atoms with E-state index in [-0.39, 0.29) is 19.3 Å². The lowest BCUT2D eigenvalue weighted by atomic mass is 9.94. The van der Waals surface area contributed by atoms with Crippen molar-refractivity contribution in [3.63, 3.8) is 0 Å². The molecule has 0 saturated heterocycles. The second-order valence-electron chi connectivity index (χ2n) is 6.05. The third-order valence-electron chi connectivity index (χ3n) is 4.26. The molecule has 0 amide bonds. The molecule has 2 atom stereocenters. The summed E-state index contributed by atoms with van der Waals surface area (Å²) < 4.78 is 20.6. The van der Waals surface area contributed by atoms with Gasteiger partial charge in [0.25, 0.3) is 0 Å². The van der Waals surface area contributed by atoms with Crippen molar-refractivity contribution >= 4 is 12.3 Å². The highest BCUT2D eigenvalue weighted by Crippen LogP contribution is 2.26. The molecule has 0 bridgehead atoms. The summed E-state index contributed by atoms with van der Waals surface area (Å²) >= 11 is 0. The highest BCUT2D eigenvalue weighted by atomic mass is 16.8. The molecule has 2 aliphatic carbocycles. The highest BCUT2D eigenvalue weighted by molar-refractivity contribution is 5.61. The van der Waals surface area contributed by atoms with Gasteiger partial charge in [-0.25, -0.2) is 9.59 Å². The summed E-state index contributed by atoms with van der Waals surface area (Å²) in [5, 5.41) is 8.63. The zero-order valence-electron chi connectivity index (χ0n) is 13.4. The average Bonchev–Trinajstić information content (AvgIpc) is 2.55. The van der Waals surface area contributed by atoms with Gasteiger partial charge in [-0.1, -0.05) is 6.42 Å². The number of aliphatic hydroxyl groups excluding tert-OH is 1. The Morgan fingerprint density at radius 1 is 0.783 bits per heavy atom. The van der Waals surface area contributed by atoms with Gasteiger partial charge in [-0.3, -0.25) is 0 Å². The van der Waals surface area contributed by atoms with E-state index in [4.69, 9.17) is 19.3 Å². The number of hydrogen-bond acceptors (Lipinski definition) is 7. The molecular weight excluding hydrogens is 304 g/mol. The first-order valence-electron chi connectivity index (χ1n) is 8.50. The van der Waals surface area contributed by atoms with Gasteiger partial charge in [-0.05, 0) is 51.4 Å². The minimum absolute atomic E-state index is 0.0614. The van der Waals surface area contributed by atoms with E-state index in [1.807, 2.05) is 0 Å². The van der Waals surface area contributed by atoms with Crippen LogP contribution in [0.4, 0.5) is 9.59 Å². The summed E-state index contributed by atoms with van der Waals surface area (Å²) in [6, 6.07) is 0. The zero-order valence-corrected chi connectivity index (χ0v) is 13.4. The molecular formula is C16H26O7. The summed E-state index contributed by atoms with van der Waals surface area (Å²) in [5.41, 5.74) is 0. The quantitative estimate of drug-likeness (QED) is 0.775. The number of ether oxygens (including phenoxy) is 4. The molecule has 0 heterocycles. The molecule has 0 spiro atoms. The van der Waals surface area contributed by atoms with Crippen molar-refractivity contribution < 1.29 is 33.6 Å². The predicted molar refractivity (Wildman–Crippen MR) is 80.0 cm³/mol. The van der Waals surface area contributed by atoms with Crippen molar-refractivity contribution in [3.05, 3.63) is 0 Å². The van der Waals surface area contributed by atoms with Crippen LogP contribution >= 0.6 is 0 Å². The van der Waals surface area contributed by atoms with Gasteiger partial charge in [-0.15, -0.1) is 0 Å². The largest absolute Gasteiger partial charge is 0.508 e. The van der Waals surface area contributed by atoms with Crippen LogP contribution in [0.15, 0.2) is 0 Å². The van der Waals surface area contributed by atoms with E-state index in [0.717, 1.165) is 38.5 Å². The lowest BCUT2D eigenvalue weighted by Gasteiger charge is -2.30. The molecule has 23 heavy (non-hydrogen) atoms. The fraction of sp³-hybridized carbons (Fsp3) is 0.875. The Labute approximate surface area is 136 Å². The second kappa shape index (κ2) is 9.60.